The van der Waals surface area contributed by atoms with Gasteiger partial charge < -0.3 is 15.5 Å². The third-order valence-corrected chi connectivity index (χ3v) is 5.98. The molecule has 1 saturated heterocycles. The molecular formula is C20H29ClIN5S. The van der Waals surface area contributed by atoms with Crippen LogP contribution in [0, 0.1) is 19.8 Å². The van der Waals surface area contributed by atoms with Crippen LogP contribution in [0.5, 0.6) is 0 Å². The van der Waals surface area contributed by atoms with Crippen LogP contribution < -0.4 is 15.5 Å². The number of halogens is 2. The van der Waals surface area contributed by atoms with Crippen molar-refractivity contribution in [2.24, 2.45) is 10.9 Å². The summed E-state index contributed by atoms with van der Waals surface area (Å²) in [4.78, 5) is 11.3. The van der Waals surface area contributed by atoms with Crippen molar-refractivity contribution in [1.82, 2.24) is 15.6 Å². The highest BCUT2D eigenvalue weighted by Gasteiger charge is 2.24. The number of nitrogens with one attached hydrogen (secondary N) is 2. The van der Waals surface area contributed by atoms with Gasteiger partial charge in [-0.3, -0.25) is 4.99 Å². The van der Waals surface area contributed by atoms with Gasteiger partial charge in [-0.05, 0) is 43.9 Å². The summed E-state index contributed by atoms with van der Waals surface area (Å²) < 4.78 is 0. The average molecular weight is 534 g/mol. The molecule has 0 bridgehead atoms. The van der Waals surface area contributed by atoms with Gasteiger partial charge in [-0.15, -0.1) is 35.3 Å². The summed E-state index contributed by atoms with van der Waals surface area (Å²) in [5.74, 6) is 1.46. The molecule has 8 heteroatoms. The quantitative estimate of drug-likeness (QED) is 0.331. The Labute approximate surface area is 194 Å². The zero-order valence-corrected chi connectivity index (χ0v) is 20.6. The van der Waals surface area contributed by atoms with Gasteiger partial charge in [0, 0.05) is 55.7 Å². The highest BCUT2D eigenvalue weighted by Crippen LogP contribution is 2.29. The van der Waals surface area contributed by atoms with Crippen LogP contribution in [0.2, 0.25) is 5.02 Å². The van der Waals surface area contributed by atoms with E-state index < -0.39 is 0 Å². The molecule has 1 unspecified atom stereocenters. The van der Waals surface area contributed by atoms with Gasteiger partial charge in [0.1, 0.15) is 0 Å². The van der Waals surface area contributed by atoms with Crippen molar-refractivity contribution in [1.29, 1.82) is 0 Å². The molecule has 5 nitrogen and oxygen atoms in total. The molecule has 2 N–H and O–H groups in total. The molecule has 1 aliphatic heterocycles. The number of thiazole rings is 1. The van der Waals surface area contributed by atoms with Crippen LogP contribution in [0.1, 0.15) is 22.7 Å². The minimum absolute atomic E-state index is 0. The van der Waals surface area contributed by atoms with Gasteiger partial charge in [0.25, 0.3) is 0 Å². The van der Waals surface area contributed by atoms with Crippen LogP contribution in [-0.2, 0) is 6.42 Å². The lowest BCUT2D eigenvalue weighted by molar-refractivity contribution is 0.565. The maximum Gasteiger partial charge on any atom is 0.190 e. The predicted octanol–water partition coefficient (Wildman–Crippen LogP) is 4.27. The topological polar surface area (TPSA) is 52.6 Å². The summed E-state index contributed by atoms with van der Waals surface area (Å²) in [6.45, 7) is 8.06. The fourth-order valence-corrected chi connectivity index (χ4v) is 4.25. The van der Waals surface area contributed by atoms with Crippen molar-refractivity contribution >= 4 is 58.6 Å². The van der Waals surface area contributed by atoms with Gasteiger partial charge in [-0.25, -0.2) is 4.98 Å². The SMILES string of the molecule is CN=C(NCCc1csc(C)n1)NCC1CCN(c2cc(Cl)ccc2C)C1.I. The monoisotopic (exact) mass is 533 g/mol. The van der Waals surface area contributed by atoms with Crippen molar-refractivity contribution in [3.05, 3.63) is 44.9 Å². The standard InChI is InChI=1S/C20H28ClN5S.HI/c1-14-4-5-17(21)10-19(14)26-9-7-16(12-26)11-24-20(22-3)23-8-6-18-13-27-15(2)25-18;/h4-5,10,13,16H,6-9,11-12H2,1-3H3,(H2,22,23,24);1H. The molecule has 28 heavy (non-hydrogen) atoms. The Bertz CT molecular complexity index is 795. The molecule has 1 fully saturated rings. The van der Waals surface area contributed by atoms with Crippen molar-refractivity contribution in [2.45, 2.75) is 26.7 Å². The van der Waals surface area contributed by atoms with E-state index in [4.69, 9.17) is 11.6 Å². The lowest BCUT2D eigenvalue weighted by Crippen LogP contribution is -2.41. The van der Waals surface area contributed by atoms with E-state index in [1.165, 1.54) is 17.7 Å². The third kappa shape index (κ3) is 6.49. The number of aromatic nitrogens is 1. The van der Waals surface area contributed by atoms with E-state index in [1.807, 2.05) is 20.0 Å². The average Bonchev–Trinajstić information content (AvgIpc) is 3.29. The molecule has 0 amide bonds. The van der Waals surface area contributed by atoms with Gasteiger partial charge in [0.15, 0.2) is 5.96 Å². The number of aliphatic imine (C=N–C) groups is 1. The molecule has 154 valence electrons. The Morgan fingerprint density at radius 1 is 1.36 bits per heavy atom. The summed E-state index contributed by atoms with van der Waals surface area (Å²) >= 11 is 7.88. The second kappa shape index (κ2) is 11.2. The number of hydrogen-bond donors (Lipinski definition) is 2. The number of guanidine groups is 1. The van der Waals surface area contributed by atoms with Crippen LogP contribution in [0.4, 0.5) is 5.69 Å². The van der Waals surface area contributed by atoms with Crippen molar-refractivity contribution in [3.8, 4) is 0 Å². The van der Waals surface area contributed by atoms with E-state index in [0.29, 0.717) is 5.92 Å². The lowest BCUT2D eigenvalue weighted by atomic mass is 10.1. The number of aryl methyl sites for hydroxylation is 2. The molecule has 1 aliphatic rings. The summed E-state index contributed by atoms with van der Waals surface area (Å²) in [7, 11) is 1.82. The molecular weight excluding hydrogens is 505 g/mol. The number of rotatable bonds is 6. The van der Waals surface area contributed by atoms with Crippen molar-refractivity contribution in [3.63, 3.8) is 0 Å². The summed E-state index contributed by atoms with van der Waals surface area (Å²) in [6.07, 6.45) is 2.09. The van der Waals surface area contributed by atoms with Crippen LogP contribution in [0.3, 0.4) is 0 Å². The van der Waals surface area contributed by atoms with Gasteiger partial charge in [-0.1, -0.05) is 17.7 Å². The Balaban J connectivity index is 0.00000280. The van der Waals surface area contributed by atoms with E-state index in [9.17, 15) is 0 Å². The first kappa shape index (κ1) is 23.2. The largest absolute Gasteiger partial charge is 0.371 e. The maximum atomic E-state index is 6.18. The Hall–Kier alpha value is -1.06. The lowest BCUT2D eigenvalue weighted by Gasteiger charge is -2.21. The van der Waals surface area contributed by atoms with E-state index in [-0.39, 0.29) is 24.0 Å². The number of nitrogens with zero attached hydrogens (tertiary/aromatic N) is 3. The van der Waals surface area contributed by atoms with Gasteiger partial charge in [0.05, 0.1) is 10.7 Å². The summed E-state index contributed by atoms with van der Waals surface area (Å²) in [5.41, 5.74) is 3.68. The second-order valence-electron chi connectivity index (χ2n) is 7.02. The van der Waals surface area contributed by atoms with Crippen LogP contribution >= 0.6 is 46.9 Å². The Morgan fingerprint density at radius 3 is 2.89 bits per heavy atom. The summed E-state index contributed by atoms with van der Waals surface area (Å²) in [5, 5.41) is 10.9. The van der Waals surface area contributed by atoms with Crippen LogP contribution in [0.25, 0.3) is 0 Å². The van der Waals surface area contributed by atoms with Gasteiger partial charge >= 0.3 is 0 Å². The molecule has 2 aromatic rings. The first-order valence-corrected chi connectivity index (χ1v) is 10.7. The molecule has 0 spiro atoms. The van der Waals surface area contributed by atoms with Gasteiger partial charge in [0.2, 0.25) is 0 Å². The molecule has 0 saturated carbocycles. The molecule has 1 aromatic heterocycles. The molecule has 0 radical (unpaired) electrons. The normalized spacial score (nSPS) is 16.8. The smallest absolute Gasteiger partial charge is 0.190 e. The van der Waals surface area contributed by atoms with Crippen LogP contribution in [0.15, 0.2) is 28.6 Å². The molecule has 1 atom stereocenters. The fourth-order valence-electron chi connectivity index (χ4n) is 3.43. The first-order chi connectivity index (χ1) is 13.0. The third-order valence-electron chi connectivity index (χ3n) is 4.92. The molecule has 3 rings (SSSR count). The van der Waals surface area contributed by atoms with Crippen LogP contribution in [-0.4, -0.2) is 44.2 Å². The van der Waals surface area contributed by atoms with E-state index in [2.05, 4.69) is 49.9 Å². The minimum atomic E-state index is 0. The highest BCUT2D eigenvalue weighted by molar-refractivity contribution is 14.0. The molecule has 2 heterocycles. The summed E-state index contributed by atoms with van der Waals surface area (Å²) in [6, 6.07) is 6.13. The second-order valence-corrected chi connectivity index (χ2v) is 8.52. The Morgan fingerprint density at radius 2 is 2.18 bits per heavy atom. The number of anilines is 1. The van der Waals surface area contributed by atoms with Crippen molar-refractivity contribution in [2.75, 3.05) is 38.1 Å². The Kier molecular flexibility index (Phi) is 9.30. The van der Waals surface area contributed by atoms with E-state index >= 15 is 0 Å². The fraction of sp³-hybridized carbons (Fsp3) is 0.500. The zero-order chi connectivity index (χ0) is 19.2. The van der Waals surface area contributed by atoms with Gasteiger partial charge in [-0.2, -0.15) is 0 Å². The number of hydrogen-bond acceptors (Lipinski definition) is 4. The van der Waals surface area contributed by atoms with E-state index in [1.54, 1.807) is 11.3 Å². The first-order valence-electron chi connectivity index (χ1n) is 9.42. The zero-order valence-electron chi connectivity index (χ0n) is 16.7. The maximum absolute atomic E-state index is 6.18. The molecule has 0 aliphatic carbocycles. The van der Waals surface area contributed by atoms with E-state index in [0.717, 1.165) is 54.3 Å². The number of benzene rings is 1. The highest BCUT2D eigenvalue weighted by atomic mass is 127. The molecule has 1 aromatic carbocycles. The van der Waals surface area contributed by atoms with Crippen molar-refractivity contribution < 1.29 is 0 Å². The minimum Gasteiger partial charge on any atom is -0.371 e. The predicted molar refractivity (Wildman–Crippen MR) is 132 cm³/mol.